The summed E-state index contributed by atoms with van der Waals surface area (Å²) in [6, 6.07) is 15.9. The van der Waals surface area contributed by atoms with Gasteiger partial charge in [0.15, 0.2) is 0 Å². The van der Waals surface area contributed by atoms with Crippen molar-refractivity contribution in [1.29, 1.82) is 0 Å². The number of nitrogens with one attached hydrogen (secondary N) is 1. The third-order valence-corrected chi connectivity index (χ3v) is 9.01. The molecule has 0 radical (unpaired) electrons. The molecule has 0 unspecified atom stereocenters. The highest BCUT2D eigenvalue weighted by Gasteiger charge is 2.33. The Morgan fingerprint density at radius 3 is 2.07 bits per heavy atom. The monoisotopic (exact) mass is 620 g/mol. The van der Waals surface area contributed by atoms with Gasteiger partial charge in [-0.1, -0.05) is 54.4 Å². The number of sulfonamides is 1. The molecule has 1 N–H and O–H groups in total. The first-order chi connectivity index (χ1) is 19.4. The Morgan fingerprint density at radius 2 is 1.54 bits per heavy atom. The van der Waals surface area contributed by atoms with Crippen LogP contribution in [0.3, 0.4) is 0 Å². The number of hydrogen-bond donors (Lipinski definition) is 1. The molecule has 13 heteroatoms. The number of amides is 2. The average molecular weight is 622 g/mol. The van der Waals surface area contributed by atoms with Gasteiger partial charge >= 0.3 is 0 Å². The molecule has 0 heterocycles. The largest absolute Gasteiger partial charge is 0.352 e. The van der Waals surface area contributed by atoms with Crippen LogP contribution in [0.2, 0.25) is 10.0 Å². The quantitative estimate of drug-likeness (QED) is 0.212. The Hall–Kier alpha value is -3.67. The molecule has 3 aromatic carbocycles. The lowest BCUT2D eigenvalue weighted by atomic mass is 10.1. The summed E-state index contributed by atoms with van der Waals surface area (Å²) in [6.45, 7) is 4.37. The zero-order valence-electron chi connectivity index (χ0n) is 22.7. The van der Waals surface area contributed by atoms with Gasteiger partial charge in [0.2, 0.25) is 11.8 Å². The van der Waals surface area contributed by atoms with E-state index in [1.165, 1.54) is 48.2 Å². The van der Waals surface area contributed by atoms with E-state index in [1.54, 1.807) is 24.3 Å². The van der Waals surface area contributed by atoms with Crippen LogP contribution < -0.4 is 9.62 Å². The predicted octanol–water partition coefficient (Wildman–Crippen LogP) is 5.43. The molecule has 0 aliphatic heterocycles. The molecule has 3 rings (SSSR count). The first-order valence-corrected chi connectivity index (χ1v) is 14.9. The number of carbonyl (C=O) groups is 2. The number of carbonyl (C=O) groups excluding carboxylic acids is 2. The molecular weight excluding hydrogens is 591 g/mol. The Labute approximate surface area is 249 Å². The second-order valence-corrected chi connectivity index (χ2v) is 12.0. The minimum Gasteiger partial charge on any atom is -0.352 e. The Bertz CT molecular complexity index is 1480. The fraction of sp³-hybridized carbons (Fsp3) is 0.286. The summed E-state index contributed by atoms with van der Waals surface area (Å²) in [7, 11) is -4.31. The van der Waals surface area contributed by atoms with E-state index < -0.39 is 39.3 Å². The van der Waals surface area contributed by atoms with Crippen LogP contribution in [0.4, 0.5) is 11.4 Å². The van der Waals surface area contributed by atoms with Crippen molar-refractivity contribution in [3.8, 4) is 0 Å². The number of rotatable bonds is 12. The topological polar surface area (TPSA) is 130 Å². The van der Waals surface area contributed by atoms with Crippen molar-refractivity contribution in [2.45, 2.75) is 50.7 Å². The van der Waals surface area contributed by atoms with Gasteiger partial charge < -0.3 is 10.2 Å². The van der Waals surface area contributed by atoms with E-state index in [9.17, 15) is 28.1 Å². The number of non-ortho nitro benzene ring substituents is 1. The molecule has 3 aromatic rings. The maximum atomic E-state index is 14.0. The summed E-state index contributed by atoms with van der Waals surface area (Å²) < 4.78 is 28.4. The first-order valence-electron chi connectivity index (χ1n) is 12.7. The predicted molar refractivity (Wildman–Crippen MR) is 158 cm³/mol. The molecule has 0 fully saturated rings. The number of anilines is 1. The van der Waals surface area contributed by atoms with Crippen LogP contribution >= 0.6 is 23.2 Å². The van der Waals surface area contributed by atoms with Gasteiger partial charge in [-0.05, 0) is 56.7 Å². The highest BCUT2D eigenvalue weighted by molar-refractivity contribution is 7.92. The van der Waals surface area contributed by atoms with Gasteiger partial charge in [0.05, 0.1) is 15.5 Å². The second kappa shape index (κ2) is 13.8. The van der Waals surface area contributed by atoms with E-state index in [2.05, 4.69) is 5.32 Å². The fourth-order valence-corrected chi connectivity index (χ4v) is 5.84. The summed E-state index contributed by atoms with van der Waals surface area (Å²) in [4.78, 5) is 38.8. The average Bonchev–Trinajstić information content (AvgIpc) is 2.95. The van der Waals surface area contributed by atoms with Gasteiger partial charge in [-0.2, -0.15) is 0 Å². The van der Waals surface area contributed by atoms with Crippen LogP contribution in [0.15, 0.2) is 77.7 Å². The van der Waals surface area contributed by atoms with Crippen molar-refractivity contribution in [2.24, 2.45) is 0 Å². The molecule has 0 saturated heterocycles. The third-order valence-electron chi connectivity index (χ3n) is 6.52. The van der Waals surface area contributed by atoms with Crippen molar-refractivity contribution in [1.82, 2.24) is 10.2 Å². The van der Waals surface area contributed by atoms with E-state index in [4.69, 9.17) is 23.2 Å². The SMILES string of the molecule is CC[C@H](C)NC(=O)[C@@H](C)N(Cc1c(Cl)cccc1Cl)C(=O)CN(c1ccc([N+](=O)[O-])cc1)S(=O)(=O)c1ccccc1. The normalized spacial score (nSPS) is 12.7. The summed E-state index contributed by atoms with van der Waals surface area (Å²) >= 11 is 12.8. The smallest absolute Gasteiger partial charge is 0.269 e. The van der Waals surface area contributed by atoms with Crippen LogP contribution in [0.5, 0.6) is 0 Å². The molecule has 0 spiro atoms. The summed E-state index contributed by atoms with van der Waals surface area (Å²) in [5, 5.41) is 14.6. The minimum atomic E-state index is -4.31. The molecule has 41 heavy (non-hydrogen) atoms. The van der Waals surface area contributed by atoms with Gasteiger partial charge in [-0.15, -0.1) is 0 Å². The van der Waals surface area contributed by atoms with E-state index >= 15 is 0 Å². The van der Waals surface area contributed by atoms with E-state index in [0.29, 0.717) is 12.0 Å². The molecule has 0 bridgehead atoms. The zero-order chi connectivity index (χ0) is 30.3. The molecule has 2 amide bonds. The lowest BCUT2D eigenvalue weighted by molar-refractivity contribution is -0.384. The molecular formula is C28H30Cl2N4O6S. The van der Waals surface area contributed by atoms with Crippen molar-refractivity contribution in [2.75, 3.05) is 10.8 Å². The van der Waals surface area contributed by atoms with Gasteiger partial charge in [0.25, 0.3) is 15.7 Å². The highest BCUT2D eigenvalue weighted by Crippen LogP contribution is 2.29. The second-order valence-electron chi connectivity index (χ2n) is 9.31. The number of nitrogens with zero attached hydrogens (tertiary/aromatic N) is 3. The number of nitro benzene ring substituents is 1. The van der Waals surface area contributed by atoms with Gasteiger partial charge in [-0.3, -0.25) is 24.0 Å². The lowest BCUT2D eigenvalue weighted by Crippen LogP contribution is -2.52. The molecule has 10 nitrogen and oxygen atoms in total. The molecule has 2 atom stereocenters. The van der Waals surface area contributed by atoms with Crippen LogP contribution in [0, 0.1) is 10.1 Å². The first kappa shape index (κ1) is 31.9. The molecule has 0 aromatic heterocycles. The Morgan fingerprint density at radius 1 is 0.951 bits per heavy atom. The highest BCUT2D eigenvalue weighted by atomic mass is 35.5. The maximum Gasteiger partial charge on any atom is 0.269 e. The third kappa shape index (κ3) is 7.75. The maximum absolute atomic E-state index is 14.0. The summed E-state index contributed by atoms with van der Waals surface area (Å²) in [6.07, 6.45) is 0.659. The standard InChI is InChI=1S/C28H30Cl2N4O6S/c1-4-19(2)31-28(36)20(3)32(17-24-25(29)11-8-12-26(24)30)27(35)18-33(21-13-15-22(16-14-21)34(37)38)41(39,40)23-9-6-5-7-10-23/h5-16,19-20H,4,17-18H2,1-3H3,(H,31,36)/t19-,20+/m0/s1. The molecule has 0 saturated carbocycles. The van der Waals surface area contributed by atoms with Crippen LogP contribution in [0.25, 0.3) is 0 Å². The van der Waals surface area contributed by atoms with Gasteiger partial charge in [0.1, 0.15) is 12.6 Å². The van der Waals surface area contributed by atoms with Crippen LogP contribution in [0.1, 0.15) is 32.8 Å². The van der Waals surface area contributed by atoms with Crippen molar-refractivity contribution in [3.63, 3.8) is 0 Å². The number of nitro groups is 1. The molecule has 0 aliphatic rings. The zero-order valence-corrected chi connectivity index (χ0v) is 25.0. The summed E-state index contributed by atoms with van der Waals surface area (Å²) in [5.74, 6) is -1.16. The number of halogens is 2. The number of hydrogen-bond acceptors (Lipinski definition) is 6. The molecule has 218 valence electrons. The Balaban J connectivity index is 2.07. The molecule has 0 aliphatic carbocycles. The van der Waals surface area contributed by atoms with Gasteiger partial charge in [0, 0.05) is 40.3 Å². The minimum absolute atomic E-state index is 0.0280. The number of benzene rings is 3. The van der Waals surface area contributed by atoms with E-state index in [1.807, 2.05) is 13.8 Å². The fourth-order valence-electron chi connectivity index (χ4n) is 3.89. The van der Waals surface area contributed by atoms with Crippen LogP contribution in [-0.4, -0.2) is 48.7 Å². The van der Waals surface area contributed by atoms with Crippen molar-refractivity contribution >= 4 is 56.4 Å². The van der Waals surface area contributed by atoms with Crippen molar-refractivity contribution in [3.05, 3.63) is 98.5 Å². The summed E-state index contributed by atoms with van der Waals surface area (Å²) in [5.41, 5.74) is 0.169. The van der Waals surface area contributed by atoms with Crippen LogP contribution in [-0.2, 0) is 26.2 Å². The lowest BCUT2D eigenvalue weighted by Gasteiger charge is -2.32. The van der Waals surface area contributed by atoms with Crippen molar-refractivity contribution < 1.29 is 22.9 Å². The van der Waals surface area contributed by atoms with E-state index in [-0.39, 0.29) is 38.9 Å². The Kier molecular flexibility index (Phi) is 10.7. The van der Waals surface area contributed by atoms with E-state index in [0.717, 1.165) is 16.4 Å². The van der Waals surface area contributed by atoms with Gasteiger partial charge in [-0.25, -0.2) is 8.42 Å².